The van der Waals surface area contributed by atoms with Crippen LogP contribution in [0.5, 0.6) is 0 Å². The monoisotopic (exact) mass is 760 g/mol. The SMILES string of the molecule is CC(C)(C)C1=[C-]C(C)(C)c2cc3c(cc21)-c1cc2c(cc1C3)C(C)(C)C=C2C(C)(C)C.CCc1cc(C(C)(C)C)c[cH-]1.C[C](C)=[Zr+2].[Cl-].[Cl-]. The number of allylic oxidation sites excluding steroid dienone is 4. The Balaban J connectivity index is 0.000000396. The molecular formula is C45H60Cl2Zr-2. The fourth-order valence-electron chi connectivity index (χ4n) is 7.12. The Hall–Kier alpha value is -1.40. The van der Waals surface area contributed by atoms with Crippen LogP contribution in [0.3, 0.4) is 0 Å². The van der Waals surface area contributed by atoms with E-state index in [1.807, 2.05) is 0 Å². The fraction of sp³-hybridized carbons (Fsp3) is 0.511. The zero-order chi connectivity index (χ0) is 34.8. The van der Waals surface area contributed by atoms with Crippen LogP contribution in [0.25, 0.3) is 22.3 Å². The van der Waals surface area contributed by atoms with Gasteiger partial charge < -0.3 is 24.8 Å². The summed E-state index contributed by atoms with van der Waals surface area (Å²) in [6.45, 7) is 36.5. The minimum absolute atomic E-state index is 0. The van der Waals surface area contributed by atoms with Crippen LogP contribution in [0.1, 0.15) is 155 Å². The largest absolute Gasteiger partial charge is 1.00 e. The van der Waals surface area contributed by atoms with Gasteiger partial charge in [-0.1, -0.05) is 132 Å². The van der Waals surface area contributed by atoms with Gasteiger partial charge in [-0.15, -0.1) is 11.6 Å². The number of fused-ring (bicyclic) bond motifs is 5. The first-order valence-corrected chi connectivity index (χ1v) is 18.6. The molecule has 0 amide bonds. The minimum Gasteiger partial charge on any atom is -1.00 e. The number of hydrogen-bond acceptors (Lipinski definition) is 0. The van der Waals surface area contributed by atoms with Crippen molar-refractivity contribution in [1.82, 2.24) is 0 Å². The molecule has 0 heterocycles. The Kier molecular flexibility index (Phi) is 13.1. The van der Waals surface area contributed by atoms with Crippen molar-refractivity contribution in [3.8, 4) is 11.1 Å². The zero-order valence-electron chi connectivity index (χ0n) is 32.8. The molecule has 6 rings (SSSR count). The van der Waals surface area contributed by atoms with Crippen LogP contribution in [0, 0.1) is 16.9 Å². The summed E-state index contributed by atoms with van der Waals surface area (Å²) in [5.41, 5.74) is 18.1. The van der Waals surface area contributed by atoms with Crippen LogP contribution in [-0.4, -0.2) is 3.21 Å². The third kappa shape index (κ3) is 8.90. The molecule has 0 aromatic heterocycles. The Bertz CT molecular complexity index is 1620. The number of aryl methyl sites for hydroxylation is 1. The van der Waals surface area contributed by atoms with Crippen LogP contribution in [0.15, 0.2) is 48.5 Å². The van der Waals surface area contributed by atoms with Crippen LogP contribution >= 0.6 is 0 Å². The van der Waals surface area contributed by atoms with Crippen LogP contribution in [0.4, 0.5) is 0 Å². The Morgan fingerprint density at radius 3 is 1.65 bits per heavy atom. The molecule has 3 aliphatic carbocycles. The molecule has 0 nitrogen and oxygen atoms in total. The second kappa shape index (κ2) is 14.7. The molecule has 3 aromatic rings. The van der Waals surface area contributed by atoms with E-state index < -0.39 is 0 Å². The number of benzene rings is 2. The van der Waals surface area contributed by atoms with Gasteiger partial charge in [-0.05, 0) is 62.3 Å². The third-order valence-corrected chi connectivity index (χ3v) is 9.68. The molecule has 0 spiro atoms. The van der Waals surface area contributed by atoms with Gasteiger partial charge in [0.05, 0.1) is 0 Å². The molecule has 3 aliphatic rings. The molecule has 0 unspecified atom stereocenters. The molecule has 3 aromatic carbocycles. The number of halogens is 2. The summed E-state index contributed by atoms with van der Waals surface area (Å²) >= 11 is 1.55. The molecular weight excluding hydrogens is 703 g/mol. The molecule has 0 aliphatic heterocycles. The Morgan fingerprint density at radius 1 is 0.729 bits per heavy atom. The van der Waals surface area contributed by atoms with Crippen molar-refractivity contribution in [2.45, 2.75) is 140 Å². The summed E-state index contributed by atoms with van der Waals surface area (Å²) in [6.07, 6.45) is 8.56. The Labute approximate surface area is 322 Å². The van der Waals surface area contributed by atoms with E-state index >= 15 is 0 Å². The minimum atomic E-state index is -0.0202. The van der Waals surface area contributed by atoms with Crippen molar-refractivity contribution < 1.29 is 49.0 Å². The maximum absolute atomic E-state index is 3.85. The van der Waals surface area contributed by atoms with Gasteiger partial charge in [0.25, 0.3) is 0 Å². The van der Waals surface area contributed by atoms with Gasteiger partial charge in [0, 0.05) is 5.41 Å². The molecule has 0 bridgehead atoms. The van der Waals surface area contributed by atoms with Gasteiger partial charge in [-0.3, -0.25) is 6.08 Å². The van der Waals surface area contributed by atoms with Crippen LogP contribution in [-0.2, 0) is 53.3 Å². The molecule has 0 N–H and O–H groups in total. The quantitative estimate of drug-likeness (QED) is 0.194. The van der Waals surface area contributed by atoms with Crippen LogP contribution < -0.4 is 24.8 Å². The van der Waals surface area contributed by atoms with Crippen molar-refractivity contribution in [3.63, 3.8) is 0 Å². The average Bonchev–Trinajstić information content (AvgIpc) is 3.63. The van der Waals surface area contributed by atoms with E-state index in [1.54, 1.807) is 24.2 Å². The van der Waals surface area contributed by atoms with E-state index in [2.05, 4.69) is 165 Å². The molecule has 3 heteroatoms. The van der Waals surface area contributed by atoms with Gasteiger partial charge >= 0.3 is 41.3 Å². The average molecular weight is 763 g/mol. The molecule has 0 radical (unpaired) electrons. The molecule has 260 valence electrons. The standard InChI is InChI=1S/C31H37.C11H17.C3H6.2ClH.Zr/c1-28(2,3)26-16-30(7,8)24-12-18-11-19-13-25-23(15-21(19)20(18)14-22(24)26)27(29(4,5)6)17-31(25,9)10;1-5-9-6-7-10(8-9)11(2,3)4;1-3-2;;;/h12-16H,11H2,1-10H3;6-8H,5H2,1-4H3;1-2H3;2*1H;/q2*-1;;;;+2/p-2. The van der Waals surface area contributed by atoms with Gasteiger partial charge in [0.15, 0.2) is 0 Å². The van der Waals surface area contributed by atoms with Gasteiger partial charge in [-0.2, -0.15) is 28.8 Å². The van der Waals surface area contributed by atoms with E-state index in [1.165, 1.54) is 70.0 Å². The predicted octanol–water partition coefficient (Wildman–Crippen LogP) is 6.52. The molecule has 0 atom stereocenters. The van der Waals surface area contributed by atoms with Crippen molar-refractivity contribution in [3.05, 3.63) is 99.1 Å². The van der Waals surface area contributed by atoms with Gasteiger partial charge in [0.2, 0.25) is 0 Å². The first-order valence-electron chi connectivity index (χ1n) is 17.4. The summed E-state index contributed by atoms with van der Waals surface area (Å²) in [6, 6.07) is 16.8. The molecule has 48 heavy (non-hydrogen) atoms. The fourth-order valence-corrected chi connectivity index (χ4v) is 7.12. The van der Waals surface area contributed by atoms with Crippen molar-refractivity contribution in [1.29, 1.82) is 0 Å². The second-order valence-corrected chi connectivity index (χ2v) is 20.8. The zero-order valence-corrected chi connectivity index (χ0v) is 36.8. The van der Waals surface area contributed by atoms with Gasteiger partial charge in [0.1, 0.15) is 0 Å². The van der Waals surface area contributed by atoms with E-state index in [0.29, 0.717) is 5.41 Å². The first kappa shape index (κ1) is 42.8. The third-order valence-electron chi connectivity index (χ3n) is 9.68. The van der Waals surface area contributed by atoms with E-state index in [9.17, 15) is 0 Å². The topological polar surface area (TPSA) is 0 Å². The van der Waals surface area contributed by atoms with E-state index in [4.69, 9.17) is 0 Å². The van der Waals surface area contributed by atoms with Crippen molar-refractivity contribution >= 4 is 14.4 Å². The summed E-state index contributed by atoms with van der Waals surface area (Å²) in [5.74, 6) is 0. The number of hydrogen-bond donors (Lipinski definition) is 0. The predicted molar refractivity (Wildman–Crippen MR) is 201 cm³/mol. The summed E-state index contributed by atoms with van der Waals surface area (Å²) < 4.78 is 1.51. The summed E-state index contributed by atoms with van der Waals surface area (Å²) in [4.78, 5) is 0. The molecule has 0 saturated carbocycles. The maximum atomic E-state index is 3.85. The van der Waals surface area contributed by atoms with Crippen molar-refractivity contribution in [2.24, 2.45) is 10.8 Å². The smallest absolute Gasteiger partial charge is 1.00 e. The molecule has 0 fully saturated rings. The second-order valence-electron chi connectivity index (χ2n) is 18.3. The van der Waals surface area contributed by atoms with E-state index in [0.717, 1.165) is 12.8 Å². The maximum Gasteiger partial charge on any atom is -1.00 e. The normalized spacial score (nSPS) is 16.3. The Morgan fingerprint density at radius 2 is 1.23 bits per heavy atom. The summed E-state index contributed by atoms with van der Waals surface area (Å²) in [5, 5.41) is 0. The van der Waals surface area contributed by atoms with E-state index in [-0.39, 0.29) is 46.5 Å². The summed E-state index contributed by atoms with van der Waals surface area (Å²) in [7, 11) is 0. The molecule has 0 saturated heterocycles. The van der Waals surface area contributed by atoms with Gasteiger partial charge in [-0.25, -0.2) is 11.6 Å². The number of rotatable bonds is 1. The van der Waals surface area contributed by atoms with Crippen LogP contribution in [0.2, 0.25) is 0 Å². The van der Waals surface area contributed by atoms with Crippen molar-refractivity contribution in [2.75, 3.05) is 0 Å². The first-order chi connectivity index (χ1) is 20.9.